The second-order valence-electron chi connectivity index (χ2n) is 4.69. The number of piperidine rings is 1. The van der Waals surface area contributed by atoms with Gasteiger partial charge in [-0.05, 0) is 32.0 Å². The molecule has 1 fully saturated rings. The molecule has 0 bridgehead atoms. The van der Waals surface area contributed by atoms with Crippen molar-refractivity contribution in [3.63, 3.8) is 0 Å². The van der Waals surface area contributed by atoms with E-state index in [0.29, 0.717) is 12.6 Å². The van der Waals surface area contributed by atoms with Crippen LogP contribution in [-0.2, 0) is 4.79 Å². The SMILES string of the molecule is CNC1CCCN(C(=O)COc2ccccc2F)C1.Cl. The van der Waals surface area contributed by atoms with Gasteiger partial charge in [-0.3, -0.25) is 4.79 Å². The molecule has 1 aliphatic rings. The van der Waals surface area contributed by atoms with Crippen molar-refractivity contribution >= 4 is 18.3 Å². The average Bonchev–Trinajstić information content (AvgIpc) is 2.46. The molecule has 1 unspecified atom stereocenters. The van der Waals surface area contributed by atoms with E-state index in [1.165, 1.54) is 12.1 Å². The van der Waals surface area contributed by atoms with Crippen LogP contribution < -0.4 is 10.1 Å². The lowest BCUT2D eigenvalue weighted by molar-refractivity contribution is -0.134. The number of nitrogens with zero attached hydrogens (tertiary/aromatic N) is 1. The third kappa shape index (κ3) is 4.35. The van der Waals surface area contributed by atoms with Crippen molar-refractivity contribution in [2.75, 3.05) is 26.7 Å². The lowest BCUT2D eigenvalue weighted by Crippen LogP contribution is -2.48. The van der Waals surface area contributed by atoms with Crippen LogP contribution >= 0.6 is 12.4 Å². The van der Waals surface area contributed by atoms with E-state index in [2.05, 4.69) is 5.32 Å². The van der Waals surface area contributed by atoms with Crippen LogP contribution in [0, 0.1) is 5.82 Å². The highest BCUT2D eigenvalue weighted by Gasteiger charge is 2.22. The Labute approximate surface area is 124 Å². The van der Waals surface area contributed by atoms with Gasteiger partial charge in [0.2, 0.25) is 0 Å². The summed E-state index contributed by atoms with van der Waals surface area (Å²) < 4.78 is 18.6. The molecule has 1 amide bonds. The Bertz CT molecular complexity index is 445. The second-order valence-corrected chi connectivity index (χ2v) is 4.69. The minimum absolute atomic E-state index is 0. The maximum Gasteiger partial charge on any atom is 0.260 e. The Morgan fingerprint density at radius 2 is 2.25 bits per heavy atom. The molecule has 0 saturated carbocycles. The van der Waals surface area contributed by atoms with Crippen molar-refractivity contribution in [1.29, 1.82) is 0 Å². The molecule has 1 heterocycles. The molecule has 20 heavy (non-hydrogen) atoms. The smallest absolute Gasteiger partial charge is 0.260 e. The van der Waals surface area contributed by atoms with E-state index in [1.54, 1.807) is 17.0 Å². The van der Waals surface area contributed by atoms with Gasteiger partial charge in [-0.25, -0.2) is 4.39 Å². The largest absolute Gasteiger partial charge is 0.481 e. The highest BCUT2D eigenvalue weighted by molar-refractivity contribution is 5.85. The molecule has 2 rings (SSSR count). The molecule has 1 atom stereocenters. The van der Waals surface area contributed by atoms with Crippen molar-refractivity contribution in [3.05, 3.63) is 30.1 Å². The van der Waals surface area contributed by atoms with Crippen LogP contribution in [0.4, 0.5) is 4.39 Å². The first kappa shape index (κ1) is 16.7. The van der Waals surface area contributed by atoms with Crippen LogP contribution in [0.15, 0.2) is 24.3 Å². The highest BCUT2D eigenvalue weighted by atomic mass is 35.5. The van der Waals surface area contributed by atoms with Gasteiger partial charge < -0.3 is 15.0 Å². The van der Waals surface area contributed by atoms with Crippen LogP contribution in [0.1, 0.15) is 12.8 Å². The van der Waals surface area contributed by atoms with Gasteiger partial charge in [0.1, 0.15) is 0 Å². The summed E-state index contributed by atoms with van der Waals surface area (Å²) >= 11 is 0. The number of hydrogen-bond acceptors (Lipinski definition) is 3. The zero-order valence-electron chi connectivity index (χ0n) is 11.5. The summed E-state index contributed by atoms with van der Waals surface area (Å²) in [4.78, 5) is 13.8. The molecule has 1 aliphatic heterocycles. The highest BCUT2D eigenvalue weighted by Crippen LogP contribution is 2.16. The molecule has 1 aromatic carbocycles. The zero-order valence-corrected chi connectivity index (χ0v) is 12.3. The topological polar surface area (TPSA) is 41.6 Å². The molecule has 4 nitrogen and oxygen atoms in total. The molecule has 0 aromatic heterocycles. The number of nitrogens with one attached hydrogen (secondary N) is 1. The van der Waals surface area contributed by atoms with Crippen LogP contribution in [0.3, 0.4) is 0 Å². The summed E-state index contributed by atoms with van der Waals surface area (Å²) in [5.41, 5.74) is 0. The lowest BCUT2D eigenvalue weighted by atomic mass is 10.1. The molecule has 112 valence electrons. The van der Waals surface area contributed by atoms with Crippen molar-refractivity contribution in [2.45, 2.75) is 18.9 Å². The van der Waals surface area contributed by atoms with Gasteiger partial charge in [0.25, 0.3) is 5.91 Å². The first-order valence-electron chi connectivity index (χ1n) is 6.53. The summed E-state index contributed by atoms with van der Waals surface area (Å²) in [6, 6.07) is 6.45. The summed E-state index contributed by atoms with van der Waals surface area (Å²) in [5.74, 6) is -0.414. The Kier molecular flexibility index (Phi) is 6.75. The molecular weight excluding hydrogens is 283 g/mol. The predicted octanol–water partition coefficient (Wildman–Crippen LogP) is 1.84. The quantitative estimate of drug-likeness (QED) is 0.923. The van der Waals surface area contributed by atoms with Crippen molar-refractivity contribution in [2.24, 2.45) is 0 Å². The monoisotopic (exact) mass is 302 g/mol. The number of carbonyl (C=O) groups excluding carboxylic acids is 1. The number of ether oxygens (including phenoxy) is 1. The normalized spacial score (nSPS) is 18.3. The van der Waals surface area contributed by atoms with Gasteiger partial charge in [0.05, 0.1) is 0 Å². The molecule has 1 N–H and O–H groups in total. The van der Waals surface area contributed by atoms with E-state index >= 15 is 0 Å². The van der Waals surface area contributed by atoms with Crippen LogP contribution in [0.2, 0.25) is 0 Å². The van der Waals surface area contributed by atoms with E-state index in [4.69, 9.17) is 4.74 Å². The number of rotatable bonds is 4. The first-order valence-corrected chi connectivity index (χ1v) is 6.53. The fourth-order valence-electron chi connectivity index (χ4n) is 2.23. The molecule has 1 aromatic rings. The van der Waals surface area contributed by atoms with Crippen LogP contribution in [0.25, 0.3) is 0 Å². The third-order valence-electron chi connectivity index (χ3n) is 3.37. The Morgan fingerprint density at radius 1 is 1.50 bits per heavy atom. The number of hydrogen-bond donors (Lipinski definition) is 1. The van der Waals surface area contributed by atoms with Crippen molar-refractivity contribution < 1.29 is 13.9 Å². The molecule has 0 spiro atoms. The van der Waals surface area contributed by atoms with E-state index in [-0.39, 0.29) is 30.7 Å². The number of benzene rings is 1. The standard InChI is InChI=1S/C14H19FN2O2.ClH/c1-16-11-5-4-8-17(9-11)14(18)10-19-13-7-3-2-6-12(13)15;/h2-3,6-7,11,16H,4-5,8-10H2,1H3;1H. The average molecular weight is 303 g/mol. The minimum Gasteiger partial charge on any atom is -0.481 e. The van der Waals surface area contributed by atoms with Gasteiger partial charge in [0.15, 0.2) is 18.2 Å². The lowest BCUT2D eigenvalue weighted by Gasteiger charge is -2.32. The molecule has 0 aliphatic carbocycles. The second kappa shape index (κ2) is 8.07. The number of amides is 1. The summed E-state index contributed by atoms with van der Waals surface area (Å²) in [6.07, 6.45) is 2.06. The van der Waals surface area contributed by atoms with E-state index in [9.17, 15) is 9.18 Å². The first-order chi connectivity index (χ1) is 9.20. The summed E-state index contributed by atoms with van der Waals surface area (Å²) in [7, 11) is 1.90. The molecule has 6 heteroatoms. The number of para-hydroxylation sites is 1. The number of halogens is 2. The van der Waals surface area contributed by atoms with Gasteiger partial charge in [-0.2, -0.15) is 0 Å². The van der Waals surface area contributed by atoms with Crippen LogP contribution in [0.5, 0.6) is 5.75 Å². The fourth-order valence-corrected chi connectivity index (χ4v) is 2.23. The minimum atomic E-state index is -0.443. The number of likely N-dealkylation sites (N-methyl/N-ethyl adjacent to an activating group) is 1. The van der Waals surface area contributed by atoms with E-state index in [1.807, 2.05) is 7.05 Å². The van der Waals surface area contributed by atoms with Crippen LogP contribution in [-0.4, -0.2) is 43.6 Å². The van der Waals surface area contributed by atoms with E-state index < -0.39 is 5.82 Å². The van der Waals surface area contributed by atoms with Crippen molar-refractivity contribution in [3.8, 4) is 5.75 Å². The zero-order chi connectivity index (χ0) is 13.7. The Morgan fingerprint density at radius 3 is 2.95 bits per heavy atom. The maximum atomic E-state index is 13.3. The molecular formula is C14H20ClFN2O2. The van der Waals surface area contributed by atoms with Gasteiger partial charge in [-0.1, -0.05) is 12.1 Å². The maximum absolute atomic E-state index is 13.3. The predicted molar refractivity (Wildman–Crippen MR) is 77.8 cm³/mol. The summed E-state index contributed by atoms with van der Waals surface area (Å²) in [6.45, 7) is 1.32. The Hall–Kier alpha value is -1.33. The van der Waals surface area contributed by atoms with Gasteiger partial charge >= 0.3 is 0 Å². The van der Waals surface area contributed by atoms with E-state index in [0.717, 1.165) is 19.4 Å². The van der Waals surface area contributed by atoms with Gasteiger partial charge in [0, 0.05) is 19.1 Å². The Balaban J connectivity index is 0.00000200. The third-order valence-corrected chi connectivity index (χ3v) is 3.37. The van der Waals surface area contributed by atoms with Crippen molar-refractivity contribution in [1.82, 2.24) is 10.2 Å². The molecule has 0 radical (unpaired) electrons. The molecule has 1 saturated heterocycles. The summed E-state index contributed by atoms with van der Waals surface area (Å²) in [5, 5.41) is 3.18. The fraction of sp³-hybridized carbons (Fsp3) is 0.500. The number of likely N-dealkylation sites (tertiary alicyclic amines) is 1. The number of carbonyl (C=O) groups is 1. The van der Waals surface area contributed by atoms with Gasteiger partial charge in [-0.15, -0.1) is 12.4 Å².